The van der Waals surface area contributed by atoms with E-state index in [9.17, 15) is 4.79 Å². The molecule has 1 saturated heterocycles. The van der Waals surface area contributed by atoms with E-state index < -0.39 is 0 Å². The molecule has 0 radical (unpaired) electrons. The highest BCUT2D eigenvalue weighted by molar-refractivity contribution is 5.93. The van der Waals surface area contributed by atoms with Gasteiger partial charge in [0.1, 0.15) is 17.3 Å². The van der Waals surface area contributed by atoms with E-state index in [4.69, 9.17) is 4.42 Å². The Labute approximate surface area is 155 Å². The molecule has 1 aromatic carbocycles. The number of imidazole rings is 1. The molecule has 0 unspecified atom stereocenters. The quantitative estimate of drug-likeness (QED) is 0.580. The molecule has 0 saturated carbocycles. The Morgan fingerprint density at radius 2 is 2.15 bits per heavy atom. The van der Waals surface area contributed by atoms with Crippen molar-refractivity contribution in [3.8, 4) is 11.5 Å². The standard InChI is InChI=1S/C20H19N5O2/c1-12-8-9-18(27-12)15-11-16(24-23-15)20(26)25-10-4-7-17(25)19-21-13-5-2-3-6-14(13)22-19/h2-3,5-6,8-9,11,17H,4,7,10H2,1H3,(H,21,22)(H,23,24)/t17-/m1/s1. The van der Waals surface area contributed by atoms with E-state index in [1.807, 2.05) is 48.2 Å². The number of para-hydroxylation sites is 2. The first-order valence-corrected chi connectivity index (χ1v) is 9.07. The average Bonchev–Trinajstić information content (AvgIpc) is 3.44. The second kappa shape index (κ2) is 6.12. The number of aryl methyl sites for hydroxylation is 1. The fourth-order valence-electron chi connectivity index (χ4n) is 3.71. The van der Waals surface area contributed by atoms with Gasteiger partial charge in [0, 0.05) is 12.6 Å². The van der Waals surface area contributed by atoms with Crippen LogP contribution in [0.25, 0.3) is 22.5 Å². The highest BCUT2D eigenvalue weighted by Gasteiger charge is 2.33. The second-order valence-electron chi connectivity index (χ2n) is 6.87. The lowest BCUT2D eigenvalue weighted by atomic mass is 10.2. The number of amides is 1. The normalized spacial score (nSPS) is 17.1. The van der Waals surface area contributed by atoms with Crippen LogP contribution in [0.3, 0.4) is 0 Å². The first-order chi connectivity index (χ1) is 13.2. The monoisotopic (exact) mass is 361 g/mol. The Kier molecular flexibility index (Phi) is 3.60. The third-order valence-corrected chi connectivity index (χ3v) is 5.04. The summed E-state index contributed by atoms with van der Waals surface area (Å²) in [5, 5.41) is 7.11. The molecule has 0 aliphatic carbocycles. The lowest BCUT2D eigenvalue weighted by Crippen LogP contribution is -2.31. The molecule has 1 aliphatic rings. The fraction of sp³-hybridized carbons (Fsp3) is 0.250. The first kappa shape index (κ1) is 15.9. The van der Waals surface area contributed by atoms with Gasteiger partial charge in [0.05, 0.1) is 17.1 Å². The Morgan fingerprint density at radius 3 is 2.96 bits per heavy atom. The van der Waals surface area contributed by atoms with Crippen LogP contribution in [0.5, 0.6) is 0 Å². The number of hydrogen-bond acceptors (Lipinski definition) is 4. The van der Waals surface area contributed by atoms with Crippen LogP contribution in [-0.2, 0) is 0 Å². The van der Waals surface area contributed by atoms with Crippen LogP contribution in [-0.4, -0.2) is 37.5 Å². The van der Waals surface area contributed by atoms with E-state index in [0.29, 0.717) is 23.7 Å². The molecule has 1 aliphatic heterocycles. The SMILES string of the molecule is Cc1ccc(-c2cc(C(=O)N3CCC[C@@H]3c3nc4ccccc4[nH]3)n[nH]2)o1. The Hall–Kier alpha value is -3.35. The minimum atomic E-state index is -0.0938. The van der Waals surface area contributed by atoms with Crippen molar-refractivity contribution in [2.75, 3.05) is 6.54 Å². The zero-order valence-electron chi connectivity index (χ0n) is 14.9. The van der Waals surface area contributed by atoms with Crippen LogP contribution in [0.4, 0.5) is 0 Å². The molecule has 0 bridgehead atoms. The number of H-pyrrole nitrogens is 2. The van der Waals surface area contributed by atoms with Gasteiger partial charge < -0.3 is 14.3 Å². The van der Waals surface area contributed by atoms with Crippen molar-refractivity contribution in [2.45, 2.75) is 25.8 Å². The van der Waals surface area contributed by atoms with Crippen LogP contribution >= 0.6 is 0 Å². The van der Waals surface area contributed by atoms with Gasteiger partial charge in [-0.3, -0.25) is 9.89 Å². The van der Waals surface area contributed by atoms with Crippen molar-refractivity contribution in [2.24, 2.45) is 0 Å². The molecule has 3 aromatic heterocycles. The van der Waals surface area contributed by atoms with Crippen LogP contribution in [0.1, 0.15) is 41.0 Å². The lowest BCUT2D eigenvalue weighted by molar-refractivity contribution is 0.0724. The minimum absolute atomic E-state index is 0.0593. The van der Waals surface area contributed by atoms with Gasteiger partial charge in [-0.25, -0.2) is 4.98 Å². The molecule has 5 rings (SSSR count). The topological polar surface area (TPSA) is 90.8 Å². The van der Waals surface area contributed by atoms with Gasteiger partial charge in [0.15, 0.2) is 11.5 Å². The van der Waals surface area contributed by atoms with E-state index in [2.05, 4.69) is 20.2 Å². The molecule has 7 heteroatoms. The van der Waals surface area contributed by atoms with Crippen molar-refractivity contribution >= 4 is 16.9 Å². The Bertz CT molecular complexity index is 1090. The van der Waals surface area contributed by atoms with Gasteiger partial charge in [-0.1, -0.05) is 12.1 Å². The van der Waals surface area contributed by atoms with Crippen molar-refractivity contribution < 1.29 is 9.21 Å². The number of rotatable bonds is 3. The third-order valence-electron chi connectivity index (χ3n) is 5.04. The number of nitrogens with zero attached hydrogens (tertiary/aromatic N) is 3. The zero-order chi connectivity index (χ0) is 18.4. The Morgan fingerprint density at radius 1 is 1.26 bits per heavy atom. The maximum Gasteiger partial charge on any atom is 0.274 e. The van der Waals surface area contributed by atoms with Gasteiger partial charge in [0.25, 0.3) is 5.91 Å². The first-order valence-electron chi connectivity index (χ1n) is 9.07. The molecule has 136 valence electrons. The molecule has 27 heavy (non-hydrogen) atoms. The molecule has 7 nitrogen and oxygen atoms in total. The molecule has 4 heterocycles. The number of nitrogens with one attached hydrogen (secondary N) is 2. The number of hydrogen-bond donors (Lipinski definition) is 2. The zero-order valence-corrected chi connectivity index (χ0v) is 14.9. The number of carbonyl (C=O) groups is 1. The van der Waals surface area contributed by atoms with Gasteiger partial charge in [-0.15, -0.1) is 0 Å². The summed E-state index contributed by atoms with van der Waals surface area (Å²) < 4.78 is 5.60. The maximum atomic E-state index is 13.1. The molecule has 0 spiro atoms. The van der Waals surface area contributed by atoms with E-state index in [1.54, 1.807) is 6.07 Å². The number of likely N-dealkylation sites (tertiary alicyclic amines) is 1. The van der Waals surface area contributed by atoms with Crippen LogP contribution < -0.4 is 0 Å². The summed E-state index contributed by atoms with van der Waals surface area (Å²) in [7, 11) is 0. The molecule has 2 N–H and O–H groups in total. The lowest BCUT2D eigenvalue weighted by Gasteiger charge is -2.22. The molecular formula is C20H19N5O2. The van der Waals surface area contributed by atoms with Gasteiger partial charge in [0.2, 0.25) is 0 Å². The third kappa shape index (κ3) is 2.71. The summed E-state index contributed by atoms with van der Waals surface area (Å²) in [5.41, 5.74) is 3.00. The number of furan rings is 1. The summed E-state index contributed by atoms with van der Waals surface area (Å²) in [5.74, 6) is 2.23. The summed E-state index contributed by atoms with van der Waals surface area (Å²) in [6.45, 7) is 2.58. The summed E-state index contributed by atoms with van der Waals surface area (Å²) >= 11 is 0. The van der Waals surface area contributed by atoms with Gasteiger partial charge >= 0.3 is 0 Å². The van der Waals surface area contributed by atoms with Crippen LogP contribution in [0, 0.1) is 6.92 Å². The highest BCUT2D eigenvalue weighted by atomic mass is 16.3. The molecule has 1 atom stereocenters. The average molecular weight is 361 g/mol. The van der Waals surface area contributed by atoms with E-state index in [-0.39, 0.29) is 11.9 Å². The van der Waals surface area contributed by atoms with Crippen molar-refractivity contribution in [3.05, 3.63) is 59.7 Å². The summed E-state index contributed by atoms with van der Waals surface area (Å²) in [6, 6.07) is 13.3. The van der Waals surface area contributed by atoms with Crippen molar-refractivity contribution in [1.29, 1.82) is 0 Å². The molecule has 1 fully saturated rings. The predicted molar refractivity (Wildman–Crippen MR) is 100 cm³/mol. The van der Waals surface area contributed by atoms with Crippen molar-refractivity contribution in [1.82, 2.24) is 25.1 Å². The van der Waals surface area contributed by atoms with Gasteiger partial charge in [-0.05, 0) is 44.0 Å². The van der Waals surface area contributed by atoms with E-state index in [1.165, 1.54) is 0 Å². The number of benzene rings is 1. The fourth-order valence-corrected chi connectivity index (χ4v) is 3.71. The molecule has 4 aromatic rings. The highest BCUT2D eigenvalue weighted by Crippen LogP contribution is 2.33. The maximum absolute atomic E-state index is 13.1. The van der Waals surface area contributed by atoms with Crippen LogP contribution in [0.15, 0.2) is 46.9 Å². The smallest absolute Gasteiger partial charge is 0.274 e. The number of aromatic nitrogens is 4. The van der Waals surface area contributed by atoms with E-state index >= 15 is 0 Å². The number of fused-ring (bicyclic) bond motifs is 1. The summed E-state index contributed by atoms with van der Waals surface area (Å²) in [4.78, 5) is 23.0. The Balaban J connectivity index is 1.43. The largest absolute Gasteiger partial charge is 0.460 e. The number of carbonyl (C=O) groups excluding carboxylic acids is 1. The van der Waals surface area contributed by atoms with E-state index in [0.717, 1.165) is 35.5 Å². The van der Waals surface area contributed by atoms with Crippen LogP contribution in [0.2, 0.25) is 0 Å². The van der Waals surface area contributed by atoms with Gasteiger partial charge in [-0.2, -0.15) is 5.10 Å². The second-order valence-corrected chi connectivity index (χ2v) is 6.87. The minimum Gasteiger partial charge on any atom is -0.460 e. The van der Waals surface area contributed by atoms with Crippen molar-refractivity contribution in [3.63, 3.8) is 0 Å². The molecule has 1 amide bonds. The summed E-state index contributed by atoms with van der Waals surface area (Å²) in [6.07, 6.45) is 1.84. The molecular weight excluding hydrogens is 342 g/mol. The predicted octanol–water partition coefficient (Wildman–Crippen LogP) is 3.83. The number of aromatic amines is 2.